The van der Waals surface area contributed by atoms with Gasteiger partial charge in [0.05, 0.1) is 34.7 Å². The number of carbonyl (C=O) groups is 2. The molecule has 2 atom stereocenters. The average Bonchev–Trinajstić information content (AvgIpc) is 3.16. The number of hydrogen-bond acceptors (Lipinski definition) is 5. The Balaban J connectivity index is 1.45. The second kappa shape index (κ2) is 7.12. The number of amides is 2. The first-order valence-electron chi connectivity index (χ1n) is 10.9. The standard InChI is InChI=1S/C22H28FN5O2S/c1-14(2)28-10-18(24-13-28)17-9-27(20(30)22(23)4-5-22)12-21(17)6-7-26(19(21)29)8-16-11-31-15(3)25-16/h10-11,13-14,17H,4-9,12H2,1-3H3. The lowest BCUT2D eigenvalue weighted by molar-refractivity contribution is -0.139. The highest BCUT2D eigenvalue weighted by molar-refractivity contribution is 7.09. The van der Waals surface area contributed by atoms with Crippen molar-refractivity contribution < 1.29 is 14.0 Å². The third-order valence-corrected chi connectivity index (χ3v) is 7.86. The van der Waals surface area contributed by atoms with Gasteiger partial charge in [-0.05, 0) is 40.0 Å². The summed E-state index contributed by atoms with van der Waals surface area (Å²) in [6, 6.07) is 0.251. The lowest BCUT2D eigenvalue weighted by Gasteiger charge is -2.27. The molecule has 31 heavy (non-hydrogen) atoms. The van der Waals surface area contributed by atoms with Crippen molar-refractivity contribution in [1.29, 1.82) is 0 Å². The first kappa shape index (κ1) is 20.6. The molecule has 4 heterocycles. The number of thiazole rings is 1. The number of likely N-dealkylation sites (tertiary alicyclic amines) is 2. The molecule has 9 heteroatoms. The van der Waals surface area contributed by atoms with Gasteiger partial charge in [0, 0.05) is 43.2 Å². The molecule has 1 saturated carbocycles. The van der Waals surface area contributed by atoms with Crippen molar-refractivity contribution in [2.45, 2.75) is 64.2 Å². The Labute approximate surface area is 185 Å². The molecule has 2 aliphatic heterocycles. The van der Waals surface area contributed by atoms with E-state index in [4.69, 9.17) is 0 Å². The molecule has 0 radical (unpaired) electrons. The topological polar surface area (TPSA) is 71.3 Å². The van der Waals surface area contributed by atoms with E-state index in [2.05, 4.69) is 23.8 Å². The zero-order chi connectivity index (χ0) is 22.0. The second-order valence-corrected chi connectivity index (χ2v) is 10.6. The van der Waals surface area contributed by atoms with Crippen molar-refractivity contribution in [3.8, 4) is 0 Å². The van der Waals surface area contributed by atoms with Crippen molar-refractivity contribution >= 4 is 23.2 Å². The van der Waals surface area contributed by atoms with Crippen LogP contribution in [0.4, 0.5) is 4.39 Å². The Kier molecular flexibility index (Phi) is 4.73. The molecule has 2 aromatic rings. The molecule has 5 rings (SSSR count). The number of hydrogen-bond donors (Lipinski definition) is 0. The predicted molar refractivity (Wildman–Crippen MR) is 114 cm³/mol. The van der Waals surface area contributed by atoms with E-state index in [1.807, 2.05) is 28.0 Å². The Morgan fingerprint density at radius 1 is 1.35 bits per heavy atom. The lowest BCUT2D eigenvalue weighted by atomic mass is 9.75. The van der Waals surface area contributed by atoms with Crippen LogP contribution in [0.3, 0.4) is 0 Å². The predicted octanol–water partition coefficient (Wildman–Crippen LogP) is 3.08. The normalized spacial score (nSPS) is 27.1. The summed E-state index contributed by atoms with van der Waals surface area (Å²) >= 11 is 1.57. The van der Waals surface area contributed by atoms with Crippen molar-refractivity contribution in [1.82, 2.24) is 24.3 Å². The SMILES string of the molecule is Cc1nc(CN2CCC3(CN(C(=O)C4(F)CC4)CC3c3cn(C(C)C)cn3)C2=O)cs1. The van der Waals surface area contributed by atoms with Gasteiger partial charge in [-0.15, -0.1) is 11.3 Å². The van der Waals surface area contributed by atoms with Crippen LogP contribution in [0.15, 0.2) is 17.9 Å². The molecule has 2 saturated heterocycles. The molecule has 2 aromatic heterocycles. The number of rotatable bonds is 5. The van der Waals surface area contributed by atoms with E-state index >= 15 is 0 Å². The molecule has 3 aliphatic rings. The molecule has 0 bridgehead atoms. The fraction of sp³-hybridized carbons (Fsp3) is 0.636. The largest absolute Gasteiger partial charge is 0.338 e. The molecule has 1 spiro atoms. The third-order valence-electron chi connectivity index (χ3n) is 7.04. The minimum Gasteiger partial charge on any atom is -0.338 e. The second-order valence-electron chi connectivity index (χ2n) is 9.53. The van der Waals surface area contributed by atoms with Gasteiger partial charge in [-0.1, -0.05) is 0 Å². The van der Waals surface area contributed by atoms with Crippen LogP contribution in [0.25, 0.3) is 0 Å². The molecule has 166 valence electrons. The van der Waals surface area contributed by atoms with E-state index < -0.39 is 17.0 Å². The van der Waals surface area contributed by atoms with E-state index in [0.29, 0.717) is 26.1 Å². The number of imidazole rings is 1. The van der Waals surface area contributed by atoms with Crippen LogP contribution in [-0.2, 0) is 16.1 Å². The summed E-state index contributed by atoms with van der Waals surface area (Å²) in [4.78, 5) is 39.1. The third kappa shape index (κ3) is 3.37. The van der Waals surface area contributed by atoms with Crippen LogP contribution in [0.1, 0.15) is 61.5 Å². The zero-order valence-corrected chi connectivity index (χ0v) is 19.0. The monoisotopic (exact) mass is 445 g/mol. The number of nitrogens with zero attached hydrogens (tertiary/aromatic N) is 5. The van der Waals surface area contributed by atoms with Gasteiger partial charge >= 0.3 is 0 Å². The van der Waals surface area contributed by atoms with E-state index in [0.717, 1.165) is 16.4 Å². The Hall–Kier alpha value is -2.29. The van der Waals surface area contributed by atoms with Gasteiger partial charge in [0.15, 0.2) is 5.67 Å². The Bertz CT molecular complexity index is 1030. The fourth-order valence-electron chi connectivity index (χ4n) is 5.02. The Morgan fingerprint density at radius 2 is 2.13 bits per heavy atom. The van der Waals surface area contributed by atoms with Crippen molar-refractivity contribution in [2.24, 2.45) is 5.41 Å². The summed E-state index contributed by atoms with van der Waals surface area (Å²) in [5.41, 5.74) is -0.776. The maximum atomic E-state index is 14.6. The molecule has 1 aliphatic carbocycles. The van der Waals surface area contributed by atoms with Crippen molar-refractivity contribution in [3.05, 3.63) is 34.3 Å². The highest BCUT2D eigenvalue weighted by Crippen LogP contribution is 2.52. The fourth-order valence-corrected chi connectivity index (χ4v) is 5.62. The van der Waals surface area contributed by atoms with Crippen LogP contribution in [0.5, 0.6) is 0 Å². The molecule has 2 amide bonds. The molecule has 2 unspecified atom stereocenters. The summed E-state index contributed by atoms with van der Waals surface area (Å²) in [6.45, 7) is 7.79. The van der Waals surface area contributed by atoms with Gasteiger partial charge in [0.25, 0.3) is 5.91 Å². The molecule has 0 N–H and O–H groups in total. The minimum absolute atomic E-state index is 0.0289. The summed E-state index contributed by atoms with van der Waals surface area (Å²) in [7, 11) is 0. The van der Waals surface area contributed by atoms with Gasteiger partial charge in [0.1, 0.15) is 0 Å². The van der Waals surface area contributed by atoms with Crippen molar-refractivity contribution in [3.63, 3.8) is 0 Å². The van der Waals surface area contributed by atoms with Crippen LogP contribution >= 0.6 is 11.3 Å². The van der Waals surface area contributed by atoms with Gasteiger partial charge < -0.3 is 14.4 Å². The molecule has 7 nitrogen and oxygen atoms in total. The van der Waals surface area contributed by atoms with E-state index in [1.165, 1.54) is 0 Å². The van der Waals surface area contributed by atoms with E-state index in [1.54, 1.807) is 22.6 Å². The molecule has 3 fully saturated rings. The van der Waals surface area contributed by atoms with Crippen LogP contribution < -0.4 is 0 Å². The average molecular weight is 446 g/mol. The molecular weight excluding hydrogens is 417 g/mol. The van der Waals surface area contributed by atoms with Gasteiger partial charge in [-0.25, -0.2) is 14.4 Å². The first-order valence-corrected chi connectivity index (χ1v) is 11.8. The zero-order valence-electron chi connectivity index (χ0n) is 18.2. The molecule has 0 aromatic carbocycles. The van der Waals surface area contributed by atoms with Crippen LogP contribution in [0, 0.1) is 12.3 Å². The number of aryl methyl sites for hydroxylation is 1. The Morgan fingerprint density at radius 3 is 2.74 bits per heavy atom. The maximum Gasteiger partial charge on any atom is 0.260 e. The first-order chi connectivity index (χ1) is 14.7. The number of halogens is 1. The summed E-state index contributed by atoms with van der Waals surface area (Å²) < 4.78 is 16.6. The van der Waals surface area contributed by atoms with Gasteiger partial charge in [0.2, 0.25) is 5.91 Å². The number of aromatic nitrogens is 3. The summed E-state index contributed by atoms with van der Waals surface area (Å²) in [6.07, 6.45) is 4.96. The van der Waals surface area contributed by atoms with E-state index in [9.17, 15) is 14.0 Å². The highest BCUT2D eigenvalue weighted by Gasteiger charge is 2.62. The highest BCUT2D eigenvalue weighted by atomic mass is 32.1. The molecular formula is C22H28FN5O2S. The van der Waals surface area contributed by atoms with Crippen LogP contribution in [0.2, 0.25) is 0 Å². The quantitative estimate of drug-likeness (QED) is 0.709. The minimum atomic E-state index is -1.73. The number of carbonyl (C=O) groups excluding carboxylic acids is 2. The lowest BCUT2D eigenvalue weighted by Crippen LogP contribution is -2.42. The van der Waals surface area contributed by atoms with Crippen LogP contribution in [-0.4, -0.2) is 61.5 Å². The smallest absolute Gasteiger partial charge is 0.260 e. The maximum absolute atomic E-state index is 14.6. The van der Waals surface area contributed by atoms with Gasteiger partial charge in [-0.3, -0.25) is 9.59 Å². The van der Waals surface area contributed by atoms with E-state index in [-0.39, 0.29) is 37.3 Å². The number of alkyl halides is 1. The van der Waals surface area contributed by atoms with Gasteiger partial charge in [-0.2, -0.15) is 0 Å². The summed E-state index contributed by atoms with van der Waals surface area (Å²) in [5.74, 6) is -0.659. The van der Waals surface area contributed by atoms with Crippen molar-refractivity contribution in [2.75, 3.05) is 19.6 Å². The summed E-state index contributed by atoms with van der Waals surface area (Å²) in [5, 5.41) is 2.96.